The Bertz CT molecular complexity index is 524. The number of ketones is 1. The molecule has 0 aromatic rings. The summed E-state index contributed by atoms with van der Waals surface area (Å²) in [5.74, 6) is -1.16. The topological polar surface area (TPSA) is 69.7 Å². The van der Waals surface area contributed by atoms with E-state index in [2.05, 4.69) is 25.4 Å². The molecule has 6 heteroatoms. The van der Waals surface area contributed by atoms with E-state index < -0.39 is 17.7 Å². The van der Waals surface area contributed by atoms with Gasteiger partial charge in [-0.05, 0) is 19.4 Å². The van der Waals surface area contributed by atoms with Crippen molar-refractivity contribution in [2.24, 2.45) is 0 Å². The van der Waals surface area contributed by atoms with Crippen molar-refractivity contribution >= 4 is 17.7 Å². The quantitative estimate of drug-likeness (QED) is 0.219. The van der Waals surface area contributed by atoms with E-state index in [0.717, 1.165) is 36.8 Å². The van der Waals surface area contributed by atoms with Crippen LogP contribution in [0.4, 0.5) is 4.79 Å². The van der Waals surface area contributed by atoms with E-state index in [1.54, 1.807) is 6.92 Å². The van der Waals surface area contributed by atoms with Gasteiger partial charge in [-0.15, -0.1) is 6.58 Å². The molecule has 0 aliphatic heterocycles. The second-order valence-corrected chi connectivity index (χ2v) is 5.42. The number of urea groups is 1. The van der Waals surface area contributed by atoms with Crippen molar-refractivity contribution < 1.29 is 14.4 Å². The van der Waals surface area contributed by atoms with Gasteiger partial charge in [0.05, 0.1) is 0 Å². The Morgan fingerprint density at radius 3 is 2.25 bits per heavy atom. The number of rotatable bonds is 10. The smallest absolute Gasteiger partial charge is 0.324 e. The van der Waals surface area contributed by atoms with Gasteiger partial charge in [-0.1, -0.05) is 32.4 Å². The SMILES string of the molecule is C=CCN(C(=O)NC)C(=O)/C(C(=O)C=C)=C(\C)N(C)CCCCC. The van der Waals surface area contributed by atoms with Crippen LogP contribution in [0, 0.1) is 0 Å². The second-order valence-electron chi connectivity index (χ2n) is 5.42. The maximum Gasteiger partial charge on any atom is 0.324 e. The molecule has 1 N–H and O–H groups in total. The highest BCUT2D eigenvalue weighted by atomic mass is 16.2. The molecule has 0 saturated carbocycles. The van der Waals surface area contributed by atoms with Gasteiger partial charge in [-0.2, -0.15) is 0 Å². The molecule has 0 bridgehead atoms. The molecule has 0 spiro atoms. The van der Waals surface area contributed by atoms with Gasteiger partial charge in [0.25, 0.3) is 5.91 Å². The number of nitrogens with one attached hydrogen (secondary N) is 1. The van der Waals surface area contributed by atoms with Crippen LogP contribution in [0.5, 0.6) is 0 Å². The molecule has 0 aromatic heterocycles. The third-order valence-electron chi connectivity index (χ3n) is 3.69. The van der Waals surface area contributed by atoms with Crippen molar-refractivity contribution in [3.05, 3.63) is 36.6 Å². The van der Waals surface area contributed by atoms with Crippen LogP contribution in [-0.2, 0) is 9.59 Å². The van der Waals surface area contributed by atoms with E-state index in [0.29, 0.717) is 5.70 Å². The van der Waals surface area contributed by atoms with Gasteiger partial charge in [-0.25, -0.2) is 4.79 Å². The maximum atomic E-state index is 12.8. The van der Waals surface area contributed by atoms with Gasteiger partial charge in [-0.3, -0.25) is 14.5 Å². The first-order valence-electron chi connectivity index (χ1n) is 8.08. The predicted octanol–water partition coefficient (Wildman–Crippen LogP) is 2.49. The Kier molecular flexibility index (Phi) is 10.1. The van der Waals surface area contributed by atoms with Gasteiger partial charge >= 0.3 is 6.03 Å². The molecule has 0 radical (unpaired) electrons. The standard InChI is InChI=1S/C18H29N3O3/c1-7-10-11-13-20(6)14(4)16(15(22)9-3)17(23)21(12-8-2)18(24)19-5/h8-9H,2-3,7,10-13H2,1,4-6H3,(H,19,24)/b16-14+. The maximum absolute atomic E-state index is 12.8. The van der Waals surface area contributed by atoms with Crippen LogP contribution >= 0.6 is 0 Å². The lowest BCUT2D eigenvalue weighted by Gasteiger charge is -2.25. The molecule has 0 rings (SSSR count). The summed E-state index contributed by atoms with van der Waals surface area (Å²) in [5, 5.41) is 2.40. The first-order valence-corrected chi connectivity index (χ1v) is 8.08. The average molecular weight is 335 g/mol. The molecular formula is C18H29N3O3. The van der Waals surface area contributed by atoms with Crippen LogP contribution in [-0.4, -0.2) is 54.7 Å². The first kappa shape index (κ1) is 21.6. The number of carbonyl (C=O) groups excluding carboxylic acids is 3. The number of nitrogens with zero attached hydrogens (tertiary/aromatic N) is 2. The van der Waals surface area contributed by atoms with Crippen LogP contribution in [0.1, 0.15) is 33.1 Å². The second kappa shape index (κ2) is 11.2. The summed E-state index contributed by atoms with van der Waals surface area (Å²) in [7, 11) is 3.25. The number of hydrogen-bond acceptors (Lipinski definition) is 4. The van der Waals surface area contributed by atoms with Crippen LogP contribution in [0.3, 0.4) is 0 Å². The van der Waals surface area contributed by atoms with E-state index in [1.807, 2.05) is 11.9 Å². The number of allylic oxidation sites excluding steroid dienone is 2. The van der Waals surface area contributed by atoms with Crippen molar-refractivity contribution in [2.45, 2.75) is 33.1 Å². The molecule has 0 aliphatic carbocycles. The van der Waals surface area contributed by atoms with E-state index in [-0.39, 0.29) is 12.1 Å². The minimum Gasteiger partial charge on any atom is -0.377 e. The molecule has 0 unspecified atom stereocenters. The first-order chi connectivity index (χ1) is 11.3. The van der Waals surface area contributed by atoms with Crippen molar-refractivity contribution in [1.82, 2.24) is 15.1 Å². The molecule has 6 nitrogen and oxygen atoms in total. The summed E-state index contributed by atoms with van der Waals surface area (Å²) >= 11 is 0. The van der Waals surface area contributed by atoms with Crippen molar-refractivity contribution in [3.8, 4) is 0 Å². The van der Waals surface area contributed by atoms with Crippen LogP contribution < -0.4 is 5.32 Å². The molecule has 0 aromatic carbocycles. The number of hydrogen-bond donors (Lipinski definition) is 1. The summed E-state index contributed by atoms with van der Waals surface area (Å²) in [5.41, 5.74) is 0.480. The van der Waals surface area contributed by atoms with Gasteiger partial charge in [0.1, 0.15) is 5.57 Å². The van der Waals surface area contributed by atoms with E-state index >= 15 is 0 Å². The number of carbonyl (C=O) groups is 3. The van der Waals surface area contributed by atoms with Crippen molar-refractivity contribution in [1.29, 1.82) is 0 Å². The van der Waals surface area contributed by atoms with Crippen LogP contribution in [0.15, 0.2) is 36.6 Å². The highest BCUT2D eigenvalue weighted by Gasteiger charge is 2.28. The van der Waals surface area contributed by atoms with E-state index in [1.165, 1.54) is 13.1 Å². The lowest BCUT2D eigenvalue weighted by molar-refractivity contribution is -0.126. The van der Waals surface area contributed by atoms with Crippen molar-refractivity contribution in [2.75, 3.05) is 27.2 Å². The minimum atomic E-state index is -0.654. The van der Waals surface area contributed by atoms with Gasteiger partial charge in [0, 0.05) is 32.9 Å². The molecular weight excluding hydrogens is 306 g/mol. The number of amides is 3. The lowest BCUT2D eigenvalue weighted by Crippen LogP contribution is -2.44. The Morgan fingerprint density at radius 2 is 1.79 bits per heavy atom. The van der Waals surface area contributed by atoms with Crippen LogP contribution in [0.2, 0.25) is 0 Å². The predicted molar refractivity (Wildman–Crippen MR) is 96.4 cm³/mol. The van der Waals surface area contributed by atoms with E-state index in [9.17, 15) is 14.4 Å². The highest BCUT2D eigenvalue weighted by Crippen LogP contribution is 2.15. The summed E-state index contributed by atoms with van der Waals surface area (Å²) in [6.45, 7) is 11.6. The summed E-state index contributed by atoms with van der Waals surface area (Å²) in [4.78, 5) is 39.8. The molecule has 0 heterocycles. The zero-order valence-electron chi connectivity index (χ0n) is 15.2. The minimum absolute atomic E-state index is 0.0132. The molecule has 24 heavy (non-hydrogen) atoms. The fourth-order valence-electron chi connectivity index (χ4n) is 2.16. The monoisotopic (exact) mass is 335 g/mol. The highest BCUT2D eigenvalue weighted by molar-refractivity contribution is 6.25. The van der Waals surface area contributed by atoms with Crippen LogP contribution in [0.25, 0.3) is 0 Å². The van der Waals surface area contributed by atoms with Crippen molar-refractivity contribution in [3.63, 3.8) is 0 Å². The third kappa shape index (κ3) is 6.02. The Hall–Kier alpha value is -2.37. The Labute approximate surface area is 144 Å². The van der Waals surface area contributed by atoms with Gasteiger partial charge in [0.15, 0.2) is 5.78 Å². The molecule has 0 aliphatic rings. The molecule has 3 amide bonds. The van der Waals surface area contributed by atoms with E-state index in [4.69, 9.17) is 0 Å². The summed E-state index contributed by atoms with van der Waals surface area (Å²) in [6.07, 6.45) is 5.63. The number of unbranched alkanes of at least 4 members (excludes halogenated alkanes) is 2. The zero-order valence-corrected chi connectivity index (χ0v) is 15.2. The molecule has 0 saturated heterocycles. The van der Waals surface area contributed by atoms with Gasteiger partial charge in [0.2, 0.25) is 0 Å². The summed E-state index contributed by atoms with van der Waals surface area (Å²) in [6, 6.07) is -0.587. The normalized spacial score (nSPS) is 11.2. The average Bonchev–Trinajstić information content (AvgIpc) is 2.58. The third-order valence-corrected chi connectivity index (χ3v) is 3.69. The summed E-state index contributed by atoms with van der Waals surface area (Å²) < 4.78 is 0. The zero-order chi connectivity index (χ0) is 18.7. The Balaban J connectivity index is 5.72. The molecule has 0 atom stereocenters. The largest absolute Gasteiger partial charge is 0.377 e. The lowest BCUT2D eigenvalue weighted by atomic mass is 10.1. The number of imide groups is 1. The fourth-order valence-corrected chi connectivity index (χ4v) is 2.16. The Morgan fingerprint density at radius 1 is 1.17 bits per heavy atom. The van der Waals surface area contributed by atoms with Gasteiger partial charge < -0.3 is 10.2 Å². The fraction of sp³-hybridized carbons (Fsp3) is 0.500. The molecule has 134 valence electrons. The molecule has 0 fully saturated rings.